The number of nitrogens with one attached hydrogen (secondary N) is 1. The van der Waals surface area contributed by atoms with Crippen molar-refractivity contribution in [3.05, 3.63) is 12.7 Å². The molecule has 0 aromatic heterocycles. The van der Waals surface area contributed by atoms with E-state index in [4.69, 9.17) is 0 Å². The van der Waals surface area contributed by atoms with Crippen LogP contribution >= 0.6 is 0 Å². The number of carbonyl (C=O) groups excluding carboxylic acids is 3. The van der Waals surface area contributed by atoms with E-state index in [2.05, 4.69) is 16.6 Å². The Hall–Kier alpha value is -1.65. The summed E-state index contributed by atoms with van der Waals surface area (Å²) in [6.07, 6.45) is 0.896. The van der Waals surface area contributed by atoms with Gasteiger partial charge in [-0.2, -0.15) is 0 Å². The lowest BCUT2D eigenvalue weighted by atomic mass is 10.3. The van der Waals surface area contributed by atoms with Gasteiger partial charge in [0.1, 0.15) is 18.8 Å². The largest absolute Gasteiger partial charge is 0.463 e. The summed E-state index contributed by atoms with van der Waals surface area (Å²) in [5.41, 5.74) is 0. The zero-order valence-corrected chi connectivity index (χ0v) is 8.04. The summed E-state index contributed by atoms with van der Waals surface area (Å²) in [6.45, 7) is 4.83. The third-order valence-electron chi connectivity index (χ3n) is 1.24. The molecule has 0 spiro atoms. The van der Waals surface area contributed by atoms with E-state index in [0.717, 1.165) is 6.08 Å². The highest BCUT2D eigenvalue weighted by molar-refractivity contribution is 5.94. The Morgan fingerprint density at radius 3 is 2.57 bits per heavy atom. The van der Waals surface area contributed by atoms with Crippen molar-refractivity contribution in [3.8, 4) is 0 Å². The molecular weight excluding hydrogens is 186 g/mol. The lowest BCUT2D eigenvalue weighted by Gasteiger charge is -2.03. The Balaban J connectivity index is 3.45. The molecule has 0 aliphatic heterocycles. The molecule has 14 heavy (non-hydrogen) atoms. The molecule has 0 bridgehead atoms. The Labute approximate surface area is 82.1 Å². The molecule has 0 aliphatic carbocycles. The Bertz CT molecular complexity index is 247. The molecule has 0 saturated heterocycles. The first-order valence-corrected chi connectivity index (χ1v) is 4.11. The maximum absolute atomic E-state index is 10.8. The van der Waals surface area contributed by atoms with Gasteiger partial charge in [0, 0.05) is 0 Å². The molecular formula is C9H13NO4. The van der Waals surface area contributed by atoms with Crippen LogP contribution in [0.4, 0.5) is 0 Å². The van der Waals surface area contributed by atoms with E-state index in [1.54, 1.807) is 0 Å². The zero-order valence-electron chi connectivity index (χ0n) is 8.04. The van der Waals surface area contributed by atoms with Crippen molar-refractivity contribution < 1.29 is 19.1 Å². The molecule has 0 radical (unpaired) electrons. The molecule has 1 N–H and O–H groups in total. The maximum Gasteiger partial charge on any atom is 0.313 e. The van der Waals surface area contributed by atoms with Crippen LogP contribution in [-0.4, -0.2) is 30.8 Å². The van der Waals surface area contributed by atoms with Crippen molar-refractivity contribution in [2.45, 2.75) is 13.3 Å². The topological polar surface area (TPSA) is 72.5 Å². The first-order chi connectivity index (χ1) is 6.56. The van der Waals surface area contributed by atoms with Crippen LogP contribution in [0.15, 0.2) is 12.7 Å². The number of carbonyl (C=O) groups is 3. The van der Waals surface area contributed by atoms with Gasteiger partial charge in [0.05, 0.1) is 6.54 Å². The summed E-state index contributed by atoms with van der Waals surface area (Å²) >= 11 is 0. The van der Waals surface area contributed by atoms with E-state index in [-0.39, 0.29) is 31.3 Å². The minimum Gasteiger partial charge on any atom is -0.463 e. The fourth-order valence-electron chi connectivity index (χ4n) is 0.666. The maximum atomic E-state index is 10.8. The normalized spacial score (nSPS) is 8.93. The van der Waals surface area contributed by atoms with E-state index >= 15 is 0 Å². The predicted octanol–water partition coefficient (Wildman–Crippen LogP) is -0.189. The van der Waals surface area contributed by atoms with Gasteiger partial charge < -0.3 is 10.1 Å². The summed E-state index contributed by atoms with van der Waals surface area (Å²) in [5.74, 6) is -1.15. The van der Waals surface area contributed by atoms with Gasteiger partial charge in [-0.3, -0.25) is 14.4 Å². The van der Waals surface area contributed by atoms with Crippen molar-refractivity contribution >= 4 is 17.7 Å². The number of hydrogen-bond acceptors (Lipinski definition) is 4. The van der Waals surface area contributed by atoms with Crippen molar-refractivity contribution in [1.29, 1.82) is 0 Å². The average Bonchev–Trinajstić information content (AvgIpc) is 2.10. The molecule has 0 aromatic rings. The SMILES string of the molecule is C=CC(=O)NCCOC(=O)CC(C)=O. The van der Waals surface area contributed by atoms with Crippen LogP contribution < -0.4 is 5.32 Å². The number of hydrogen-bond donors (Lipinski definition) is 1. The first-order valence-electron chi connectivity index (χ1n) is 4.11. The van der Waals surface area contributed by atoms with Crippen molar-refractivity contribution in [2.75, 3.05) is 13.2 Å². The molecule has 5 nitrogen and oxygen atoms in total. The second-order valence-electron chi connectivity index (χ2n) is 2.59. The summed E-state index contributed by atoms with van der Waals surface area (Å²) in [6, 6.07) is 0. The number of ketones is 1. The second-order valence-corrected chi connectivity index (χ2v) is 2.59. The number of Topliss-reactive ketones (excluding diaryl/α,β-unsaturated/α-hetero) is 1. The first kappa shape index (κ1) is 12.3. The van der Waals surface area contributed by atoms with Gasteiger partial charge in [0.25, 0.3) is 0 Å². The van der Waals surface area contributed by atoms with E-state index in [1.165, 1.54) is 6.92 Å². The molecule has 0 atom stereocenters. The molecule has 1 amide bonds. The molecule has 5 heteroatoms. The highest BCUT2D eigenvalue weighted by Gasteiger charge is 2.05. The Morgan fingerprint density at radius 2 is 2.07 bits per heavy atom. The van der Waals surface area contributed by atoms with Crippen molar-refractivity contribution in [1.82, 2.24) is 5.32 Å². The van der Waals surface area contributed by atoms with Crippen LogP contribution in [0, 0.1) is 0 Å². The zero-order chi connectivity index (χ0) is 11.0. The third-order valence-corrected chi connectivity index (χ3v) is 1.24. The van der Waals surface area contributed by atoms with Gasteiger partial charge in [-0.1, -0.05) is 6.58 Å². The summed E-state index contributed by atoms with van der Waals surface area (Å²) in [4.78, 5) is 31.9. The smallest absolute Gasteiger partial charge is 0.313 e. The minimum absolute atomic E-state index is 0.0612. The Morgan fingerprint density at radius 1 is 1.43 bits per heavy atom. The van der Waals surface area contributed by atoms with Crippen LogP contribution in [0.25, 0.3) is 0 Å². The van der Waals surface area contributed by atoms with Gasteiger partial charge in [-0.25, -0.2) is 0 Å². The van der Waals surface area contributed by atoms with Gasteiger partial charge in [0.15, 0.2) is 0 Å². The van der Waals surface area contributed by atoms with E-state index in [9.17, 15) is 14.4 Å². The second kappa shape index (κ2) is 6.82. The van der Waals surface area contributed by atoms with Gasteiger partial charge >= 0.3 is 5.97 Å². The molecule has 0 unspecified atom stereocenters. The lowest BCUT2D eigenvalue weighted by molar-refractivity contribution is -0.145. The highest BCUT2D eigenvalue weighted by atomic mass is 16.5. The summed E-state index contributed by atoms with van der Waals surface area (Å²) < 4.78 is 4.64. The van der Waals surface area contributed by atoms with E-state index in [1.807, 2.05) is 0 Å². The average molecular weight is 199 g/mol. The number of esters is 1. The van der Waals surface area contributed by atoms with Crippen LogP contribution in [-0.2, 0) is 19.1 Å². The molecule has 78 valence electrons. The third kappa shape index (κ3) is 7.02. The van der Waals surface area contributed by atoms with Crippen LogP contribution in [0.1, 0.15) is 13.3 Å². The summed E-state index contributed by atoms with van der Waals surface area (Å²) in [7, 11) is 0. The standard InChI is InChI=1S/C9H13NO4/c1-3-8(12)10-4-5-14-9(13)6-7(2)11/h3H,1,4-6H2,2H3,(H,10,12). The summed E-state index contributed by atoms with van der Waals surface area (Å²) in [5, 5.41) is 2.42. The van der Waals surface area contributed by atoms with Crippen LogP contribution in [0.5, 0.6) is 0 Å². The molecule has 0 heterocycles. The fourth-order valence-corrected chi connectivity index (χ4v) is 0.666. The Kier molecular flexibility index (Phi) is 6.02. The van der Waals surface area contributed by atoms with Crippen molar-refractivity contribution in [2.24, 2.45) is 0 Å². The van der Waals surface area contributed by atoms with E-state index in [0.29, 0.717) is 0 Å². The lowest BCUT2D eigenvalue weighted by Crippen LogP contribution is -2.26. The fraction of sp³-hybridized carbons (Fsp3) is 0.444. The predicted molar refractivity (Wildman–Crippen MR) is 49.5 cm³/mol. The molecule has 0 fully saturated rings. The van der Waals surface area contributed by atoms with Crippen LogP contribution in [0.3, 0.4) is 0 Å². The van der Waals surface area contributed by atoms with Gasteiger partial charge in [-0.05, 0) is 13.0 Å². The molecule has 0 aliphatic rings. The quantitative estimate of drug-likeness (QED) is 0.278. The monoisotopic (exact) mass is 199 g/mol. The van der Waals surface area contributed by atoms with Gasteiger partial charge in [0.2, 0.25) is 5.91 Å². The van der Waals surface area contributed by atoms with Crippen molar-refractivity contribution in [3.63, 3.8) is 0 Å². The minimum atomic E-state index is -0.578. The number of amides is 1. The number of ether oxygens (including phenoxy) is 1. The molecule has 0 saturated carbocycles. The molecule has 0 aromatic carbocycles. The molecule has 0 rings (SSSR count). The number of rotatable bonds is 6. The highest BCUT2D eigenvalue weighted by Crippen LogP contribution is 1.86. The van der Waals surface area contributed by atoms with Crippen LogP contribution in [0.2, 0.25) is 0 Å². The van der Waals surface area contributed by atoms with E-state index < -0.39 is 5.97 Å². The van der Waals surface area contributed by atoms with Gasteiger partial charge in [-0.15, -0.1) is 0 Å².